The van der Waals surface area contributed by atoms with Crippen molar-refractivity contribution >= 4 is 34.8 Å². The van der Waals surface area contributed by atoms with Crippen LogP contribution in [0.2, 0.25) is 5.02 Å². The third-order valence-electron chi connectivity index (χ3n) is 5.56. The second-order valence-electron chi connectivity index (χ2n) is 8.17. The summed E-state index contributed by atoms with van der Waals surface area (Å²) in [5, 5.41) is 7.39. The van der Waals surface area contributed by atoms with Crippen LogP contribution in [0.15, 0.2) is 77.3 Å². The maximum atomic E-state index is 12.6. The normalized spacial score (nSPS) is 15.3. The fourth-order valence-electron chi connectivity index (χ4n) is 3.90. The van der Waals surface area contributed by atoms with E-state index in [2.05, 4.69) is 15.5 Å². The Kier molecular flexibility index (Phi) is 6.20. The zero-order chi connectivity index (χ0) is 24.4. The number of aromatic nitrogens is 2. The number of anilines is 2. The molecule has 3 aromatic carbocycles. The first-order valence-corrected chi connectivity index (χ1v) is 11.4. The maximum Gasteiger partial charge on any atom is 0.232 e. The standard InChI is InChI=1S/C26H21ClN4O4/c1-16(32)28-20-7-11-23(12-8-20)34-22-9-5-17(6-10-22)25-29-26(35-30-25)18-13-24(33)31(15-18)21-4-2-3-19(27)14-21/h2-12,14,18H,13,15H2,1H3,(H,28,32). The van der Waals surface area contributed by atoms with E-state index in [1.54, 1.807) is 41.3 Å². The van der Waals surface area contributed by atoms with Gasteiger partial charge in [0.25, 0.3) is 0 Å². The number of rotatable bonds is 6. The van der Waals surface area contributed by atoms with Gasteiger partial charge in [0.05, 0.1) is 5.92 Å². The third-order valence-corrected chi connectivity index (χ3v) is 5.79. The molecule has 1 unspecified atom stereocenters. The van der Waals surface area contributed by atoms with E-state index < -0.39 is 0 Å². The molecule has 5 rings (SSSR count). The smallest absolute Gasteiger partial charge is 0.232 e. The zero-order valence-corrected chi connectivity index (χ0v) is 19.5. The lowest BCUT2D eigenvalue weighted by Gasteiger charge is -2.16. The Bertz CT molecular complexity index is 1370. The molecule has 9 heteroatoms. The molecule has 1 fully saturated rings. The summed E-state index contributed by atoms with van der Waals surface area (Å²) in [4.78, 5) is 29.9. The number of halogens is 1. The lowest BCUT2D eigenvalue weighted by atomic mass is 10.1. The molecular weight excluding hydrogens is 468 g/mol. The van der Waals surface area contributed by atoms with Gasteiger partial charge in [0.15, 0.2) is 0 Å². The summed E-state index contributed by atoms with van der Waals surface area (Å²) in [7, 11) is 0. The predicted octanol–water partition coefficient (Wildman–Crippen LogP) is 5.66. The van der Waals surface area contributed by atoms with Crippen molar-refractivity contribution in [2.75, 3.05) is 16.8 Å². The van der Waals surface area contributed by atoms with Gasteiger partial charge in [-0.25, -0.2) is 0 Å². The summed E-state index contributed by atoms with van der Waals surface area (Å²) in [6, 6.07) is 21.6. The van der Waals surface area contributed by atoms with E-state index in [0.29, 0.717) is 46.9 Å². The Balaban J connectivity index is 1.24. The van der Waals surface area contributed by atoms with E-state index in [9.17, 15) is 9.59 Å². The van der Waals surface area contributed by atoms with Gasteiger partial charge in [0.2, 0.25) is 23.5 Å². The zero-order valence-electron chi connectivity index (χ0n) is 18.8. The van der Waals surface area contributed by atoms with Gasteiger partial charge >= 0.3 is 0 Å². The Labute approximate surface area is 206 Å². The minimum atomic E-state index is -0.189. The molecule has 1 aliphatic rings. The molecule has 0 spiro atoms. The number of ether oxygens (including phenoxy) is 1. The molecule has 2 amide bonds. The summed E-state index contributed by atoms with van der Waals surface area (Å²) in [5.74, 6) is 1.83. The fourth-order valence-corrected chi connectivity index (χ4v) is 4.09. The summed E-state index contributed by atoms with van der Waals surface area (Å²) >= 11 is 6.07. The van der Waals surface area contributed by atoms with Gasteiger partial charge in [-0.1, -0.05) is 22.8 Å². The Morgan fingerprint density at radius 3 is 2.49 bits per heavy atom. The molecule has 2 heterocycles. The molecule has 0 aliphatic carbocycles. The van der Waals surface area contributed by atoms with Gasteiger partial charge in [-0.05, 0) is 66.7 Å². The largest absolute Gasteiger partial charge is 0.457 e. The van der Waals surface area contributed by atoms with Crippen molar-refractivity contribution in [1.29, 1.82) is 0 Å². The molecule has 1 N–H and O–H groups in total. The fraction of sp³-hybridized carbons (Fsp3) is 0.154. The van der Waals surface area contributed by atoms with Gasteiger partial charge in [-0.3, -0.25) is 9.59 Å². The van der Waals surface area contributed by atoms with E-state index in [-0.39, 0.29) is 17.7 Å². The molecule has 1 aliphatic heterocycles. The van der Waals surface area contributed by atoms with E-state index in [1.807, 2.05) is 36.4 Å². The predicted molar refractivity (Wildman–Crippen MR) is 132 cm³/mol. The lowest BCUT2D eigenvalue weighted by molar-refractivity contribution is -0.117. The van der Waals surface area contributed by atoms with Crippen molar-refractivity contribution in [3.05, 3.63) is 83.7 Å². The van der Waals surface area contributed by atoms with Gasteiger partial charge in [-0.15, -0.1) is 0 Å². The molecule has 35 heavy (non-hydrogen) atoms. The van der Waals surface area contributed by atoms with Crippen molar-refractivity contribution in [2.24, 2.45) is 0 Å². The molecule has 8 nitrogen and oxygen atoms in total. The third kappa shape index (κ3) is 5.17. The lowest BCUT2D eigenvalue weighted by Crippen LogP contribution is -2.24. The molecular formula is C26H21ClN4O4. The van der Waals surface area contributed by atoms with Crippen LogP contribution in [0.1, 0.15) is 25.2 Å². The number of nitrogens with zero attached hydrogens (tertiary/aromatic N) is 3. The van der Waals surface area contributed by atoms with Crippen LogP contribution >= 0.6 is 11.6 Å². The molecule has 0 saturated carbocycles. The monoisotopic (exact) mass is 488 g/mol. The van der Waals surface area contributed by atoms with Crippen LogP contribution in [0.4, 0.5) is 11.4 Å². The summed E-state index contributed by atoms with van der Waals surface area (Å²) in [6.07, 6.45) is 0.293. The molecule has 176 valence electrons. The highest BCUT2D eigenvalue weighted by molar-refractivity contribution is 6.30. The molecule has 0 bridgehead atoms. The Morgan fingerprint density at radius 1 is 1.09 bits per heavy atom. The topological polar surface area (TPSA) is 97.6 Å². The van der Waals surface area contributed by atoms with Gasteiger partial charge < -0.3 is 19.5 Å². The second-order valence-corrected chi connectivity index (χ2v) is 8.61. The van der Waals surface area contributed by atoms with Gasteiger partial charge in [0.1, 0.15) is 11.5 Å². The molecule has 0 radical (unpaired) electrons. The van der Waals surface area contributed by atoms with E-state index in [4.69, 9.17) is 20.9 Å². The number of hydrogen-bond acceptors (Lipinski definition) is 6. The van der Waals surface area contributed by atoms with Crippen LogP contribution < -0.4 is 15.0 Å². The minimum absolute atomic E-state index is 0.0105. The van der Waals surface area contributed by atoms with Crippen LogP contribution in [0.3, 0.4) is 0 Å². The highest BCUT2D eigenvalue weighted by Crippen LogP contribution is 2.33. The molecule has 1 aromatic heterocycles. The first kappa shape index (κ1) is 22.6. The Hall–Kier alpha value is -4.17. The highest BCUT2D eigenvalue weighted by Gasteiger charge is 2.35. The van der Waals surface area contributed by atoms with Crippen molar-refractivity contribution in [2.45, 2.75) is 19.3 Å². The SMILES string of the molecule is CC(=O)Nc1ccc(Oc2ccc(-c3noc(C4CC(=O)N(c5cccc(Cl)c5)C4)n3)cc2)cc1. The number of hydrogen-bond donors (Lipinski definition) is 1. The number of carbonyl (C=O) groups excluding carboxylic acids is 2. The van der Waals surface area contributed by atoms with Crippen LogP contribution in [0, 0.1) is 0 Å². The number of carbonyl (C=O) groups is 2. The minimum Gasteiger partial charge on any atom is -0.457 e. The van der Waals surface area contributed by atoms with Crippen LogP contribution in [0.5, 0.6) is 11.5 Å². The quantitative estimate of drug-likeness (QED) is 0.376. The average Bonchev–Trinajstić information content (AvgIpc) is 3.48. The van der Waals surface area contributed by atoms with E-state index >= 15 is 0 Å². The summed E-state index contributed by atoms with van der Waals surface area (Å²) in [6.45, 7) is 1.91. The van der Waals surface area contributed by atoms with E-state index in [0.717, 1.165) is 11.3 Å². The van der Waals surface area contributed by atoms with Crippen molar-refractivity contribution in [1.82, 2.24) is 10.1 Å². The summed E-state index contributed by atoms with van der Waals surface area (Å²) in [5.41, 5.74) is 2.22. The highest BCUT2D eigenvalue weighted by atomic mass is 35.5. The van der Waals surface area contributed by atoms with Crippen molar-refractivity contribution in [3.63, 3.8) is 0 Å². The number of benzene rings is 3. The Morgan fingerprint density at radius 2 is 1.80 bits per heavy atom. The summed E-state index contributed by atoms with van der Waals surface area (Å²) < 4.78 is 11.4. The number of nitrogens with one attached hydrogen (secondary N) is 1. The molecule has 4 aromatic rings. The molecule has 1 saturated heterocycles. The first-order valence-electron chi connectivity index (χ1n) is 11.0. The van der Waals surface area contributed by atoms with Crippen LogP contribution in [0.25, 0.3) is 11.4 Å². The van der Waals surface area contributed by atoms with Crippen LogP contribution in [-0.4, -0.2) is 28.5 Å². The number of amides is 2. The van der Waals surface area contributed by atoms with Gasteiger partial charge in [0, 0.05) is 41.9 Å². The maximum absolute atomic E-state index is 12.6. The molecule has 1 atom stereocenters. The van der Waals surface area contributed by atoms with Gasteiger partial charge in [-0.2, -0.15) is 4.98 Å². The van der Waals surface area contributed by atoms with Crippen LogP contribution in [-0.2, 0) is 9.59 Å². The second kappa shape index (κ2) is 9.60. The van der Waals surface area contributed by atoms with Crippen molar-refractivity contribution in [3.8, 4) is 22.9 Å². The van der Waals surface area contributed by atoms with E-state index in [1.165, 1.54) is 6.92 Å². The average molecular weight is 489 g/mol. The van der Waals surface area contributed by atoms with Crippen molar-refractivity contribution < 1.29 is 18.8 Å². The first-order chi connectivity index (χ1) is 16.9.